The molecule has 3 saturated carbocycles. The summed E-state index contributed by atoms with van der Waals surface area (Å²) in [6.45, 7) is 10.5. The molecule has 18 nitrogen and oxygen atoms in total. The van der Waals surface area contributed by atoms with Crippen molar-refractivity contribution in [2.45, 2.75) is 166 Å². The minimum absolute atomic E-state index is 0.0881. The van der Waals surface area contributed by atoms with Gasteiger partial charge in [-0.2, -0.15) is 0 Å². The van der Waals surface area contributed by atoms with Crippen molar-refractivity contribution in [2.75, 3.05) is 0 Å². The smallest absolute Gasteiger partial charge is 0.407 e. The van der Waals surface area contributed by atoms with Gasteiger partial charge >= 0.3 is 12.2 Å². The fourth-order valence-corrected chi connectivity index (χ4v) is 12.8. The molecule has 3 fully saturated rings. The van der Waals surface area contributed by atoms with E-state index in [1.807, 2.05) is 0 Å². The van der Waals surface area contributed by atoms with Crippen LogP contribution in [0.5, 0.6) is 0 Å². The Morgan fingerprint density at radius 1 is 0.365 bits per heavy atom. The lowest BCUT2D eigenvalue weighted by molar-refractivity contribution is 0.0241. The number of nitrogens with one attached hydrogen (secondary N) is 2. The van der Waals surface area contributed by atoms with Gasteiger partial charge in [0.1, 0.15) is 11.2 Å². The Balaban J connectivity index is 0.885. The number of ether oxygens (including phenoxy) is 2. The van der Waals surface area contributed by atoms with Gasteiger partial charge in [0.25, 0.3) is 47.3 Å². The topological polar surface area (TPSA) is 226 Å². The standard InChI is InChI=1S/C56H58N6O12/c1-55(2,3)73-53(71)57-35-13-7-9-15-37(35)59-45(63)27-19-23-31-43-32(24-20-28(41(27)43)46(59)64)50(68)61(49(31)67)39-17-11-12-18-40(39)62-51(69)33-25-21-29-42-30(22-26-34(44(33)42)52(62)70)48(66)60(47(29)65)38-16-10-8-14-36(38)58-54(72)74-56(4,5)6/h19-26,35-40H,7-18H2,1-6H3,(H,57,71)(H,58,72)/t35-,36-,37-,38?,39?,40-/m1/s1. The van der Waals surface area contributed by atoms with Crippen molar-refractivity contribution >= 4 is 81.0 Å². The van der Waals surface area contributed by atoms with E-state index in [9.17, 15) is 47.9 Å². The van der Waals surface area contributed by atoms with E-state index in [1.54, 1.807) is 41.5 Å². The molecule has 384 valence electrons. The third kappa shape index (κ3) is 7.72. The number of nitrogens with zero attached hydrogens (tertiary/aromatic N) is 4. The largest absolute Gasteiger partial charge is 0.444 e. The van der Waals surface area contributed by atoms with E-state index < -0.39 is 107 Å². The summed E-state index contributed by atoms with van der Waals surface area (Å²) in [6.07, 6.45) is 5.27. The van der Waals surface area contributed by atoms with Gasteiger partial charge in [0.15, 0.2) is 0 Å². The predicted molar refractivity (Wildman–Crippen MR) is 267 cm³/mol. The second-order valence-corrected chi connectivity index (χ2v) is 22.7. The summed E-state index contributed by atoms with van der Waals surface area (Å²) in [6, 6.07) is 7.47. The van der Waals surface area contributed by atoms with Gasteiger partial charge < -0.3 is 20.1 Å². The third-order valence-corrected chi connectivity index (χ3v) is 15.8. The molecule has 6 atom stereocenters. The molecule has 0 aromatic heterocycles. The molecule has 11 rings (SSSR count). The third-order valence-electron chi connectivity index (χ3n) is 15.8. The highest BCUT2D eigenvalue weighted by Crippen LogP contribution is 2.45. The zero-order chi connectivity index (χ0) is 52.4. The van der Waals surface area contributed by atoms with Crippen molar-refractivity contribution in [1.29, 1.82) is 0 Å². The lowest BCUT2D eigenvalue weighted by Crippen LogP contribution is -2.61. The maximum atomic E-state index is 14.9. The van der Waals surface area contributed by atoms with Crippen LogP contribution >= 0.6 is 0 Å². The molecule has 4 aromatic carbocycles. The number of benzene rings is 4. The fourth-order valence-electron chi connectivity index (χ4n) is 12.8. The van der Waals surface area contributed by atoms with E-state index in [4.69, 9.17) is 9.47 Å². The Morgan fingerprint density at radius 3 is 0.797 bits per heavy atom. The zero-order valence-corrected chi connectivity index (χ0v) is 42.3. The molecular weight excluding hydrogens is 949 g/mol. The van der Waals surface area contributed by atoms with Gasteiger partial charge in [-0.15, -0.1) is 0 Å². The van der Waals surface area contributed by atoms with Crippen molar-refractivity contribution in [3.63, 3.8) is 0 Å². The Bertz CT molecular complexity index is 2890. The lowest BCUT2D eigenvalue weighted by Gasteiger charge is -2.46. The zero-order valence-electron chi connectivity index (χ0n) is 42.3. The SMILES string of the molecule is CC(C)(C)OC(=O)N[C@@H]1CCCCC1N1C(=O)c2ccc3c4c(ccc(c24)C1=O)C(=O)N([C@@H]1CCCCC1N1C(=O)c2ccc4c5c(ccc(c25)C1=O)C(=O)N([C@@H]1CCCC[C@H]1NC(=O)OC(C)(C)C)C4=O)C3=O. The summed E-state index contributed by atoms with van der Waals surface area (Å²) in [7, 11) is 0. The van der Waals surface area contributed by atoms with Gasteiger partial charge in [-0.3, -0.25) is 58.0 Å². The van der Waals surface area contributed by atoms with Crippen LogP contribution in [-0.4, -0.2) is 126 Å². The Kier molecular flexibility index (Phi) is 11.6. The monoisotopic (exact) mass is 1010 g/mol. The van der Waals surface area contributed by atoms with Gasteiger partial charge in [-0.25, -0.2) is 9.59 Å². The second kappa shape index (κ2) is 17.6. The van der Waals surface area contributed by atoms with E-state index in [1.165, 1.54) is 58.3 Å². The Hall–Kier alpha value is -7.50. The molecule has 10 amide bonds. The van der Waals surface area contributed by atoms with E-state index in [0.717, 1.165) is 35.5 Å². The number of amides is 10. The van der Waals surface area contributed by atoms with E-state index in [-0.39, 0.29) is 78.9 Å². The molecule has 4 heterocycles. The van der Waals surface area contributed by atoms with Crippen LogP contribution in [0.2, 0.25) is 0 Å². The summed E-state index contributed by atoms with van der Waals surface area (Å²) in [5.74, 6) is -5.22. The average molecular weight is 1010 g/mol. The summed E-state index contributed by atoms with van der Waals surface area (Å²) in [5, 5.41) is 6.50. The number of imide groups is 4. The van der Waals surface area contributed by atoms with Crippen molar-refractivity contribution in [3.05, 3.63) is 93.0 Å². The van der Waals surface area contributed by atoms with Crippen molar-refractivity contribution < 1.29 is 57.4 Å². The number of carbonyl (C=O) groups excluding carboxylic acids is 10. The minimum Gasteiger partial charge on any atom is -0.444 e. The van der Waals surface area contributed by atoms with E-state index in [0.29, 0.717) is 38.5 Å². The van der Waals surface area contributed by atoms with Gasteiger partial charge in [0.05, 0.1) is 36.3 Å². The number of carbonyl (C=O) groups is 10. The van der Waals surface area contributed by atoms with Crippen LogP contribution in [0.25, 0.3) is 21.5 Å². The maximum Gasteiger partial charge on any atom is 0.407 e. The van der Waals surface area contributed by atoms with Crippen LogP contribution in [0.15, 0.2) is 48.5 Å². The summed E-state index contributed by atoms with van der Waals surface area (Å²) >= 11 is 0. The van der Waals surface area contributed by atoms with Gasteiger partial charge in [0, 0.05) is 66.1 Å². The number of alkyl carbamates (subject to hydrolysis) is 2. The molecule has 0 saturated heterocycles. The van der Waals surface area contributed by atoms with Crippen LogP contribution in [0.4, 0.5) is 9.59 Å². The van der Waals surface area contributed by atoms with E-state index in [2.05, 4.69) is 10.6 Å². The molecule has 3 aliphatic carbocycles. The quantitative estimate of drug-likeness (QED) is 0.175. The Labute approximate surface area is 426 Å². The van der Waals surface area contributed by atoms with Gasteiger partial charge in [0.2, 0.25) is 0 Å². The molecule has 7 aliphatic rings. The highest BCUT2D eigenvalue weighted by atomic mass is 16.6. The second-order valence-electron chi connectivity index (χ2n) is 22.7. The lowest BCUT2D eigenvalue weighted by atomic mass is 9.80. The molecule has 4 aromatic rings. The number of hydrogen-bond donors (Lipinski definition) is 2. The first-order valence-electron chi connectivity index (χ1n) is 25.8. The Morgan fingerprint density at radius 2 is 0.568 bits per heavy atom. The van der Waals surface area contributed by atoms with E-state index >= 15 is 0 Å². The van der Waals surface area contributed by atoms with Gasteiger partial charge in [-0.05, 0) is 129 Å². The van der Waals surface area contributed by atoms with Crippen LogP contribution in [0.1, 0.15) is 201 Å². The number of hydrogen-bond acceptors (Lipinski definition) is 12. The minimum atomic E-state index is -0.963. The summed E-state index contributed by atoms with van der Waals surface area (Å²) in [4.78, 5) is 148. The van der Waals surface area contributed by atoms with Crippen LogP contribution in [-0.2, 0) is 9.47 Å². The van der Waals surface area contributed by atoms with Crippen LogP contribution < -0.4 is 10.6 Å². The normalized spacial score (nSPS) is 25.0. The molecule has 0 radical (unpaired) electrons. The highest BCUT2D eigenvalue weighted by molar-refractivity contribution is 6.35. The first kappa shape index (κ1) is 48.8. The molecule has 2 N–H and O–H groups in total. The summed E-state index contributed by atoms with van der Waals surface area (Å²) in [5.41, 5.74) is -0.629. The fraction of sp³-hybridized carbons (Fsp3) is 0.464. The molecule has 0 spiro atoms. The predicted octanol–water partition coefficient (Wildman–Crippen LogP) is 8.06. The van der Waals surface area contributed by atoms with Crippen molar-refractivity contribution in [3.8, 4) is 0 Å². The first-order chi connectivity index (χ1) is 35.1. The molecule has 0 bridgehead atoms. The van der Waals surface area contributed by atoms with Crippen molar-refractivity contribution in [1.82, 2.24) is 30.2 Å². The van der Waals surface area contributed by atoms with Gasteiger partial charge in [-0.1, -0.05) is 38.5 Å². The maximum absolute atomic E-state index is 14.9. The first-order valence-corrected chi connectivity index (χ1v) is 25.8. The number of rotatable bonds is 6. The molecule has 4 aliphatic heterocycles. The van der Waals surface area contributed by atoms with Crippen LogP contribution in [0.3, 0.4) is 0 Å². The van der Waals surface area contributed by atoms with Crippen molar-refractivity contribution in [2.24, 2.45) is 0 Å². The molecule has 2 unspecified atom stereocenters. The van der Waals surface area contributed by atoms with Crippen LogP contribution in [0, 0.1) is 0 Å². The molecule has 18 heteroatoms. The highest BCUT2D eigenvalue weighted by Gasteiger charge is 2.51. The summed E-state index contributed by atoms with van der Waals surface area (Å²) < 4.78 is 11.0. The average Bonchev–Trinajstić information content (AvgIpc) is 3.34. The molecule has 74 heavy (non-hydrogen) atoms. The molecular formula is C56H58N6O12.